The number of H-pyrrole nitrogens is 1. The Morgan fingerprint density at radius 3 is 3.20 bits per heavy atom. The summed E-state index contributed by atoms with van der Waals surface area (Å²) in [6.07, 6.45) is 2.48. The highest BCUT2D eigenvalue weighted by Gasteiger charge is 2.21. The van der Waals surface area contributed by atoms with Crippen molar-refractivity contribution in [3.63, 3.8) is 0 Å². The van der Waals surface area contributed by atoms with Crippen molar-refractivity contribution in [2.75, 3.05) is 5.75 Å². The number of aromatic amines is 1. The van der Waals surface area contributed by atoms with E-state index in [1.807, 2.05) is 23.2 Å². The van der Waals surface area contributed by atoms with Crippen LogP contribution in [-0.2, 0) is 0 Å². The van der Waals surface area contributed by atoms with Crippen molar-refractivity contribution in [2.45, 2.75) is 18.1 Å². The fourth-order valence-corrected chi connectivity index (χ4v) is 3.38. The van der Waals surface area contributed by atoms with E-state index in [0.717, 1.165) is 17.3 Å². The molecule has 1 N–H and O–H groups in total. The molecule has 0 radical (unpaired) electrons. The molecule has 78 valence electrons. The van der Waals surface area contributed by atoms with Gasteiger partial charge in [-0.1, -0.05) is 0 Å². The first kappa shape index (κ1) is 9.35. The molecule has 0 aliphatic carbocycles. The summed E-state index contributed by atoms with van der Waals surface area (Å²) >= 11 is 3.38. The maximum Gasteiger partial charge on any atom is 0.200 e. The first-order valence-electron chi connectivity index (χ1n) is 4.88. The maximum absolute atomic E-state index is 4.49. The summed E-state index contributed by atoms with van der Waals surface area (Å²) in [6, 6.07) is 1.94. The van der Waals surface area contributed by atoms with E-state index in [9.17, 15) is 0 Å². The molecule has 1 fully saturated rings. The highest BCUT2D eigenvalue weighted by molar-refractivity contribution is 7.99. The van der Waals surface area contributed by atoms with Gasteiger partial charge in [0.25, 0.3) is 0 Å². The summed E-state index contributed by atoms with van der Waals surface area (Å²) in [7, 11) is 0. The predicted octanol–water partition coefficient (Wildman–Crippen LogP) is 2.50. The highest BCUT2D eigenvalue weighted by Crippen LogP contribution is 2.38. The van der Waals surface area contributed by atoms with Gasteiger partial charge in [0, 0.05) is 5.38 Å². The lowest BCUT2D eigenvalue weighted by Crippen LogP contribution is -1.91. The van der Waals surface area contributed by atoms with Crippen LogP contribution >= 0.6 is 23.3 Å². The number of hydrogen-bond donors (Lipinski definition) is 1. The van der Waals surface area contributed by atoms with Gasteiger partial charge < -0.3 is 0 Å². The van der Waals surface area contributed by atoms with Crippen LogP contribution in [0.2, 0.25) is 0 Å². The van der Waals surface area contributed by atoms with E-state index >= 15 is 0 Å². The van der Waals surface area contributed by atoms with E-state index in [0.29, 0.717) is 5.25 Å². The van der Waals surface area contributed by atoms with E-state index in [-0.39, 0.29) is 0 Å². The number of aromatic nitrogens is 4. The van der Waals surface area contributed by atoms with Crippen molar-refractivity contribution in [1.29, 1.82) is 0 Å². The van der Waals surface area contributed by atoms with E-state index in [1.54, 1.807) is 0 Å². The van der Waals surface area contributed by atoms with Gasteiger partial charge in [-0.15, -0.1) is 0 Å². The van der Waals surface area contributed by atoms with E-state index < -0.39 is 0 Å². The van der Waals surface area contributed by atoms with Crippen molar-refractivity contribution < 1.29 is 0 Å². The second kappa shape index (κ2) is 3.94. The van der Waals surface area contributed by atoms with Gasteiger partial charge in [0.2, 0.25) is 5.82 Å². The molecule has 4 nitrogen and oxygen atoms in total. The number of nitrogens with zero attached hydrogens (tertiary/aromatic N) is 3. The van der Waals surface area contributed by atoms with Crippen molar-refractivity contribution in [3.8, 4) is 11.5 Å². The van der Waals surface area contributed by atoms with Crippen LogP contribution in [0.3, 0.4) is 0 Å². The van der Waals surface area contributed by atoms with Crippen LogP contribution < -0.4 is 0 Å². The summed E-state index contributed by atoms with van der Waals surface area (Å²) in [5.74, 6) is 2.96. The Bertz CT molecular complexity index is 431. The van der Waals surface area contributed by atoms with Crippen molar-refractivity contribution >= 4 is 23.3 Å². The Morgan fingerprint density at radius 1 is 1.47 bits per heavy atom. The average Bonchev–Trinajstić information content (AvgIpc) is 3.02. The van der Waals surface area contributed by atoms with E-state index in [1.165, 1.54) is 30.1 Å². The lowest BCUT2D eigenvalue weighted by atomic mass is 10.2. The van der Waals surface area contributed by atoms with Crippen LogP contribution in [-0.4, -0.2) is 25.3 Å². The largest absolute Gasteiger partial charge is 0.262 e. The average molecular weight is 238 g/mol. The first-order valence-corrected chi connectivity index (χ1v) is 6.76. The van der Waals surface area contributed by atoms with Gasteiger partial charge in [-0.05, 0) is 36.2 Å². The normalized spacial score (nSPS) is 20.9. The van der Waals surface area contributed by atoms with E-state index in [2.05, 4.69) is 19.6 Å². The smallest absolute Gasteiger partial charge is 0.200 e. The zero-order chi connectivity index (χ0) is 10.1. The van der Waals surface area contributed by atoms with Crippen molar-refractivity contribution in [3.05, 3.63) is 17.3 Å². The molecule has 1 atom stereocenters. The monoisotopic (exact) mass is 238 g/mol. The fraction of sp³-hybridized carbons (Fsp3) is 0.444. The van der Waals surface area contributed by atoms with Gasteiger partial charge >= 0.3 is 0 Å². The Hall–Kier alpha value is -0.880. The second-order valence-corrected chi connectivity index (χ2v) is 5.41. The highest BCUT2D eigenvalue weighted by atomic mass is 32.2. The first-order chi connectivity index (χ1) is 7.43. The fourth-order valence-electron chi connectivity index (χ4n) is 1.65. The van der Waals surface area contributed by atoms with Gasteiger partial charge in [0.15, 0.2) is 0 Å². The molecule has 2 aromatic rings. The molecule has 1 aliphatic rings. The van der Waals surface area contributed by atoms with Crippen molar-refractivity contribution in [2.24, 2.45) is 0 Å². The molecule has 3 heterocycles. The molecule has 15 heavy (non-hydrogen) atoms. The maximum atomic E-state index is 4.49. The Kier molecular flexibility index (Phi) is 2.46. The van der Waals surface area contributed by atoms with Crippen LogP contribution in [0.1, 0.15) is 23.9 Å². The molecule has 0 saturated carbocycles. The summed E-state index contributed by atoms with van der Waals surface area (Å²) in [4.78, 5) is 4.49. The lowest BCUT2D eigenvalue weighted by Gasteiger charge is -2.00. The minimum atomic E-state index is 0.505. The van der Waals surface area contributed by atoms with E-state index in [4.69, 9.17) is 0 Å². The number of hydrogen-bond acceptors (Lipinski definition) is 5. The topological polar surface area (TPSA) is 54.5 Å². The van der Waals surface area contributed by atoms with Crippen LogP contribution in [0.5, 0.6) is 0 Å². The molecule has 1 unspecified atom stereocenters. The van der Waals surface area contributed by atoms with Gasteiger partial charge in [0.1, 0.15) is 11.5 Å². The van der Waals surface area contributed by atoms with Crippen LogP contribution in [0.25, 0.3) is 11.5 Å². The van der Waals surface area contributed by atoms with Gasteiger partial charge in [0.05, 0.1) is 5.25 Å². The molecule has 0 bridgehead atoms. The minimum absolute atomic E-state index is 0.505. The molecular weight excluding hydrogens is 228 g/mol. The molecule has 0 amide bonds. The molecule has 3 rings (SSSR count). The minimum Gasteiger partial charge on any atom is -0.262 e. The van der Waals surface area contributed by atoms with Crippen LogP contribution in [0, 0.1) is 0 Å². The summed E-state index contributed by atoms with van der Waals surface area (Å²) < 4.78 is 4.22. The third-order valence-electron chi connectivity index (χ3n) is 2.40. The number of thioether (sulfide) groups is 1. The third-order valence-corrected chi connectivity index (χ3v) is 4.35. The Morgan fingerprint density at radius 2 is 2.47 bits per heavy atom. The van der Waals surface area contributed by atoms with Crippen LogP contribution in [0.15, 0.2) is 11.4 Å². The van der Waals surface area contributed by atoms with Crippen LogP contribution in [0.4, 0.5) is 0 Å². The van der Waals surface area contributed by atoms with Gasteiger partial charge in [-0.25, -0.2) is 4.98 Å². The summed E-state index contributed by atoms with van der Waals surface area (Å²) in [5, 5.41) is 9.66. The zero-order valence-corrected chi connectivity index (χ0v) is 9.64. The zero-order valence-electron chi connectivity index (χ0n) is 8.01. The Labute approximate surface area is 95.7 Å². The molecular formula is C9H10N4S2. The summed E-state index contributed by atoms with van der Waals surface area (Å²) in [6.45, 7) is 0. The molecule has 1 aliphatic heterocycles. The molecule has 6 heteroatoms. The molecule has 0 spiro atoms. The summed E-state index contributed by atoms with van der Waals surface area (Å²) in [5.41, 5.74) is 0.866. The Balaban J connectivity index is 1.87. The quantitative estimate of drug-likeness (QED) is 0.873. The van der Waals surface area contributed by atoms with Crippen molar-refractivity contribution in [1.82, 2.24) is 19.6 Å². The lowest BCUT2D eigenvalue weighted by molar-refractivity contribution is 0.781. The third kappa shape index (κ3) is 1.79. The predicted molar refractivity (Wildman–Crippen MR) is 61.9 cm³/mol. The molecule has 1 saturated heterocycles. The number of rotatable bonds is 2. The molecule has 2 aromatic heterocycles. The SMILES string of the molecule is c1cc(-c2n[nH]c(C3CCCS3)n2)ns1. The number of nitrogens with one attached hydrogen (secondary N) is 1. The second-order valence-electron chi connectivity index (χ2n) is 3.43. The van der Waals surface area contributed by atoms with Gasteiger partial charge in [-0.2, -0.15) is 21.2 Å². The molecule has 0 aromatic carbocycles. The van der Waals surface area contributed by atoms with Gasteiger partial charge in [-0.3, -0.25) is 5.10 Å². The standard InChI is InChI=1S/C9H10N4S2/c1-2-7(14-4-1)9-10-8(11-12-9)6-3-5-15-13-6/h3,5,7H,1-2,4H2,(H,10,11,12).